The van der Waals surface area contributed by atoms with Crippen molar-refractivity contribution in [1.29, 1.82) is 0 Å². The van der Waals surface area contributed by atoms with E-state index in [-0.39, 0.29) is 5.91 Å². The first-order valence-electron chi connectivity index (χ1n) is 6.38. The van der Waals surface area contributed by atoms with Crippen LogP contribution < -0.4 is 0 Å². The van der Waals surface area contributed by atoms with E-state index in [4.69, 9.17) is 5.11 Å². The van der Waals surface area contributed by atoms with Crippen LogP contribution in [0.2, 0.25) is 0 Å². The molecular weight excluding hydrogens is 218 g/mol. The molecule has 0 saturated carbocycles. The number of carboxylic acid groups (broad SMARTS) is 1. The monoisotopic (exact) mass is 237 g/mol. The first kappa shape index (κ1) is 12.1. The Hall–Kier alpha value is -1.32. The largest absolute Gasteiger partial charge is 0.480 e. The van der Waals surface area contributed by atoms with Gasteiger partial charge in [-0.15, -0.1) is 0 Å². The van der Waals surface area contributed by atoms with Crippen LogP contribution in [0.15, 0.2) is 11.6 Å². The minimum Gasteiger partial charge on any atom is -0.480 e. The van der Waals surface area contributed by atoms with Gasteiger partial charge in [0, 0.05) is 13.0 Å². The number of aliphatic carboxylic acids is 1. The lowest BCUT2D eigenvalue weighted by molar-refractivity contribution is -0.148. The normalized spacial score (nSPS) is 24.6. The second-order valence-corrected chi connectivity index (χ2v) is 4.87. The minimum absolute atomic E-state index is 0.0111. The van der Waals surface area contributed by atoms with Gasteiger partial charge in [-0.2, -0.15) is 0 Å². The Bertz CT molecular complexity index is 349. The zero-order valence-electron chi connectivity index (χ0n) is 10.0. The van der Waals surface area contributed by atoms with Crippen LogP contribution in [0.3, 0.4) is 0 Å². The molecule has 0 radical (unpaired) electrons. The number of allylic oxidation sites excluding steroid dienone is 1. The second-order valence-electron chi connectivity index (χ2n) is 4.87. The summed E-state index contributed by atoms with van der Waals surface area (Å²) >= 11 is 0. The average molecular weight is 237 g/mol. The van der Waals surface area contributed by atoms with Crippen LogP contribution in [0.5, 0.6) is 0 Å². The summed E-state index contributed by atoms with van der Waals surface area (Å²) in [6.07, 6.45) is 8.39. The van der Waals surface area contributed by atoms with Gasteiger partial charge in [0.15, 0.2) is 0 Å². The summed E-state index contributed by atoms with van der Waals surface area (Å²) in [6.45, 7) is 0.600. The molecule has 0 aromatic rings. The number of nitrogens with zero attached hydrogens (tertiary/aromatic N) is 1. The molecule has 94 valence electrons. The van der Waals surface area contributed by atoms with Crippen LogP contribution in [0, 0.1) is 0 Å². The number of hydrogen-bond donors (Lipinski definition) is 1. The number of carboxylic acids is 1. The zero-order valence-corrected chi connectivity index (χ0v) is 10.0. The van der Waals surface area contributed by atoms with E-state index in [0.29, 0.717) is 19.4 Å². The van der Waals surface area contributed by atoms with Crippen molar-refractivity contribution in [1.82, 2.24) is 4.90 Å². The van der Waals surface area contributed by atoms with Gasteiger partial charge in [0.1, 0.15) is 6.04 Å². The molecule has 1 aliphatic carbocycles. The van der Waals surface area contributed by atoms with Gasteiger partial charge in [0.05, 0.1) is 0 Å². The highest BCUT2D eigenvalue weighted by atomic mass is 16.4. The van der Waals surface area contributed by atoms with Crippen LogP contribution in [0.1, 0.15) is 44.9 Å². The van der Waals surface area contributed by atoms with E-state index < -0.39 is 12.0 Å². The van der Waals surface area contributed by atoms with E-state index in [9.17, 15) is 9.59 Å². The third kappa shape index (κ3) is 2.87. The van der Waals surface area contributed by atoms with Crippen LogP contribution in [-0.4, -0.2) is 34.5 Å². The van der Waals surface area contributed by atoms with Gasteiger partial charge in [-0.1, -0.05) is 11.6 Å². The molecule has 0 bridgehead atoms. The molecule has 1 atom stereocenters. The summed E-state index contributed by atoms with van der Waals surface area (Å²) in [7, 11) is 0. The highest BCUT2D eigenvalue weighted by molar-refractivity contribution is 5.85. The molecule has 1 saturated heterocycles. The van der Waals surface area contributed by atoms with Gasteiger partial charge < -0.3 is 10.0 Å². The SMILES string of the molecule is O=C(O)[C@@H]1CCCN1C(=O)CC1=CCCCC1. The molecule has 0 aromatic heterocycles. The Morgan fingerprint density at radius 2 is 2.18 bits per heavy atom. The first-order valence-corrected chi connectivity index (χ1v) is 6.38. The van der Waals surface area contributed by atoms with Crippen molar-refractivity contribution in [2.75, 3.05) is 6.54 Å². The van der Waals surface area contributed by atoms with Crippen molar-refractivity contribution in [3.63, 3.8) is 0 Å². The standard InChI is InChI=1S/C13H19NO3/c15-12(9-10-5-2-1-3-6-10)14-8-4-7-11(14)13(16)17/h5,11H,1-4,6-9H2,(H,16,17)/t11-/m0/s1. The Kier molecular flexibility index (Phi) is 3.82. The molecule has 4 heteroatoms. The van der Waals surface area contributed by atoms with E-state index >= 15 is 0 Å². The summed E-state index contributed by atoms with van der Waals surface area (Å²) in [6, 6.07) is -0.591. The smallest absolute Gasteiger partial charge is 0.326 e. The lowest BCUT2D eigenvalue weighted by Crippen LogP contribution is -2.40. The molecule has 4 nitrogen and oxygen atoms in total. The maximum atomic E-state index is 12.1. The van der Waals surface area contributed by atoms with Crippen molar-refractivity contribution in [2.24, 2.45) is 0 Å². The number of amides is 1. The van der Waals surface area contributed by atoms with Gasteiger partial charge >= 0.3 is 5.97 Å². The van der Waals surface area contributed by atoms with E-state index in [0.717, 1.165) is 25.7 Å². The number of carbonyl (C=O) groups excluding carboxylic acids is 1. The lowest BCUT2D eigenvalue weighted by Gasteiger charge is -2.22. The van der Waals surface area contributed by atoms with Crippen molar-refractivity contribution >= 4 is 11.9 Å². The molecule has 0 unspecified atom stereocenters. The molecule has 17 heavy (non-hydrogen) atoms. The quantitative estimate of drug-likeness (QED) is 0.763. The summed E-state index contributed by atoms with van der Waals surface area (Å²) in [4.78, 5) is 24.6. The molecule has 2 aliphatic rings. The second kappa shape index (κ2) is 5.34. The first-order chi connectivity index (χ1) is 8.18. The van der Waals surface area contributed by atoms with Crippen molar-refractivity contribution in [3.05, 3.63) is 11.6 Å². The molecular formula is C13H19NO3. The predicted molar refractivity (Wildman–Crippen MR) is 63.5 cm³/mol. The molecule has 1 N–H and O–H groups in total. The molecule has 1 amide bonds. The third-order valence-corrected chi connectivity index (χ3v) is 3.62. The summed E-state index contributed by atoms with van der Waals surface area (Å²) in [5, 5.41) is 9.03. The lowest BCUT2D eigenvalue weighted by atomic mass is 9.97. The van der Waals surface area contributed by atoms with E-state index in [1.54, 1.807) is 0 Å². The Balaban J connectivity index is 1.95. The van der Waals surface area contributed by atoms with Gasteiger partial charge in [-0.25, -0.2) is 4.79 Å². The van der Waals surface area contributed by atoms with Crippen LogP contribution >= 0.6 is 0 Å². The third-order valence-electron chi connectivity index (χ3n) is 3.62. The molecule has 0 aromatic carbocycles. The fraction of sp³-hybridized carbons (Fsp3) is 0.692. The maximum Gasteiger partial charge on any atom is 0.326 e. The van der Waals surface area contributed by atoms with E-state index in [1.165, 1.54) is 16.9 Å². The van der Waals surface area contributed by atoms with Gasteiger partial charge in [0.2, 0.25) is 5.91 Å². The summed E-state index contributed by atoms with van der Waals surface area (Å²) in [5.41, 5.74) is 1.19. The number of carbonyl (C=O) groups is 2. The van der Waals surface area contributed by atoms with Crippen molar-refractivity contribution in [3.8, 4) is 0 Å². The van der Waals surface area contributed by atoms with Gasteiger partial charge in [0.25, 0.3) is 0 Å². The molecule has 1 fully saturated rings. The van der Waals surface area contributed by atoms with Gasteiger partial charge in [-0.3, -0.25) is 4.79 Å². The fourth-order valence-electron chi connectivity index (χ4n) is 2.68. The van der Waals surface area contributed by atoms with Crippen LogP contribution in [0.4, 0.5) is 0 Å². The van der Waals surface area contributed by atoms with Crippen molar-refractivity contribution < 1.29 is 14.7 Å². The Labute approximate surface area is 101 Å². The molecule has 0 spiro atoms. The topological polar surface area (TPSA) is 57.6 Å². The predicted octanol–water partition coefficient (Wildman–Crippen LogP) is 1.95. The summed E-state index contributed by atoms with van der Waals surface area (Å²) < 4.78 is 0. The zero-order chi connectivity index (χ0) is 12.3. The van der Waals surface area contributed by atoms with Gasteiger partial charge in [-0.05, 0) is 38.5 Å². The minimum atomic E-state index is -0.867. The van der Waals surface area contributed by atoms with E-state index in [2.05, 4.69) is 6.08 Å². The van der Waals surface area contributed by atoms with Crippen LogP contribution in [0.25, 0.3) is 0 Å². The molecule has 1 heterocycles. The fourth-order valence-corrected chi connectivity index (χ4v) is 2.68. The highest BCUT2D eigenvalue weighted by Gasteiger charge is 2.33. The van der Waals surface area contributed by atoms with Crippen molar-refractivity contribution in [2.45, 2.75) is 51.0 Å². The molecule has 1 aliphatic heterocycles. The molecule has 2 rings (SSSR count). The van der Waals surface area contributed by atoms with Crippen LogP contribution in [-0.2, 0) is 9.59 Å². The highest BCUT2D eigenvalue weighted by Crippen LogP contribution is 2.24. The maximum absolute atomic E-state index is 12.1. The number of rotatable bonds is 3. The average Bonchev–Trinajstić information content (AvgIpc) is 2.79. The summed E-state index contributed by atoms with van der Waals surface area (Å²) in [5.74, 6) is -0.878. The van der Waals surface area contributed by atoms with E-state index in [1.807, 2.05) is 0 Å². The Morgan fingerprint density at radius 1 is 1.35 bits per heavy atom. The Morgan fingerprint density at radius 3 is 2.82 bits per heavy atom. The number of likely N-dealkylation sites (tertiary alicyclic amines) is 1. The number of hydrogen-bond acceptors (Lipinski definition) is 2.